The van der Waals surface area contributed by atoms with Crippen molar-refractivity contribution in [3.05, 3.63) is 210 Å². The minimum Gasteiger partial charge on any atom is -0.309 e. The molecule has 0 radical (unpaired) electrons. The molecule has 0 fully saturated rings. The second-order valence-corrected chi connectivity index (χ2v) is 12.6. The zero-order valence-electron chi connectivity index (χ0n) is 26.6. The van der Waals surface area contributed by atoms with Crippen LogP contribution in [-0.4, -0.2) is 4.57 Å². The number of fused-ring (bicyclic) bond motifs is 6. The number of para-hydroxylation sites is 2. The Morgan fingerprint density at radius 3 is 1.92 bits per heavy atom. The average molecular weight is 612 g/mol. The van der Waals surface area contributed by atoms with E-state index in [9.17, 15) is 0 Å². The van der Waals surface area contributed by atoms with E-state index in [1.54, 1.807) is 0 Å². The molecule has 0 bridgehead atoms. The summed E-state index contributed by atoms with van der Waals surface area (Å²) in [5.41, 5.74) is 11.1. The second-order valence-electron chi connectivity index (χ2n) is 12.6. The molecule has 0 saturated carbocycles. The summed E-state index contributed by atoms with van der Waals surface area (Å²) in [4.78, 5) is 0. The first-order valence-electron chi connectivity index (χ1n) is 16.6. The fourth-order valence-electron chi connectivity index (χ4n) is 7.36. The monoisotopic (exact) mass is 611 g/mol. The van der Waals surface area contributed by atoms with Crippen molar-refractivity contribution in [2.45, 2.75) is 6.42 Å². The van der Waals surface area contributed by atoms with Gasteiger partial charge in [0.2, 0.25) is 0 Å². The molecule has 0 spiro atoms. The summed E-state index contributed by atoms with van der Waals surface area (Å²) in [5.74, 6) is 0. The molecule has 0 N–H and O–H groups in total. The first kappa shape index (κ1) is 28.1. The molecule has 0 unspecified atom stereocenters. The van der Waals surface area contributed by atoms with Crippen LogP contribution in [0.2, 0.25) is 0 Å². The molecule has 0 aliphatic rings. The Morgan fingerprint density at radius 1 is 0.438 bits per heavy atom. The Bertz CT molecular complexity index is 2610. The summed E-state index contributed by atoms with van der Waals surface area (Å²) in [6.07, 6.45) is 3.26. The van der Waals surface area contributed by atoms with E-state index in [1.807, 2.05) is 0 Å². The van der Waals surface area contributed by atoms with E-state index in [4.69, 9.17) is 0 Å². The summed E-state index contributed by atoms with van der Waals surface area (Å²) in [5, 5.41) is 7.68. The van der Waals surface area contributed by atoms with Gasteiger partial charge in [0, 0.05) is 16.5 Å². The van der Waals surface area contributed by atoms with Gasteiger partial charge < -0.3 is 4.57 Å². The first-order valence-corrected chi connectivity index (χ1v) is 16.6. The summed E-state index contributed by atoms with van der Waals surface area (Å²) < 4.78 is 2.37. The second kappa shape index (κ2) is 11.9. The van der Waals surface area contributed by atoms with Gasteiger partial charge >= 0.3 is 0 Å². The molecule has 1 nitrogen and oxygen atoms in total. The quantitative estimate of drug-likeness (QED) is 0.130. The zero-order valence-corrected chi connectivity index (χ0v) is 26.6. The molecule has 8 aromatic carbocycles. The molecule has 226 valence electrons. The minimum absolute atomic E-state index is 0.902. The molecule has 1 aromatic heterocycles. The van der Waals surface area contributed by atoms with Gasteiger partial charge in [-0.1, -0.05) is 146 Å². The molecule has 0 aliphatic carbocycles. The van der Waals surface area contributed by atoms with Gasteiger partial charge in [0.25, 0.3) is 0 Å². The number of hydrogen-bond acceptors (Lipinski definition) is 0. The SMILES string of the molecule is C(=C(/c1ccccc1)c1ccc2c(Cc3ccccc3)cc3ccccc3c2c1)/c1ccc2c(c1)c1ccccc1n2-c1ccccc1. The smallest absolute Gasteiger partial charge is 0.0541 e. The van der Waals surface area contributed by atoms with Crippen molar-refractivity contribution < 1.29 is 0 Å². The molecule has 9 aromatic rings. The van der Waals surface area contributed by atoms with E-state index in [0.717, 1.165) is 6.42 Å². The topological polar surface area (TPSA) is 4.93 Å². The van der Waals surface area contributed by atoms with Gasteiger partial charge in [-0.25, -0.2) is 0 Å². The van der Waals surface area contributed by atoms with Crippen molar-refractivity contribution in [2.24, 2.45) is 0 Å². The fourth-order valence-corrected chi connectivity index (χ4v) is 7.36. The van der Waals surface area contributed by atoms with Crippen molar-refractivity contribution in [1.82, 2.24) is 4.57 Å². The van der Waals surface area contributed by atoms with Crippen molar-refractivity contribution in [1.29, 1.82) is 0 Å². The molecule has 1 heteroatoms. The van der Waals surface area contributed by atoms with Crippen molar-refractivity contribution in [3.8, 4) is 5.69 Å². The highest BCUT2D eigenvalue weighted by molar-refractivity contribution is 6.12. The van der Waals surface area contributed by atoms with Crippen LogP contribution in [0.1, 0.15) is 27.8 Å². The fraction of sp³-hybridized carbons (Fsp3) is 0.0213. The number of hydrogen-bond donors (Lipinski definition) is 0. The van der Waals surface area contributed by atoms with Crippen molar-refractivity contribution in [2.75, 3.05) is 0 Å². The maximum Gasteiger partial charge on any atom is 0.0541 e. The number of aromatic nitrogens is 1. The zero-order chi connectivity index (χ0) is 31.9. The third kappa shape index (κ3) is 4.98. The summed E-state index contributed by atoms with van der Waals surface area (Å²) >= 11 is 0. The van der Waals surface area contributed by atoms with Gasteiger partial charge in [-0.15, -0.1) is 0 Å². The van der Waals surface area contributed by atoms with Crippen molar-refractivity contribution in [3.63, 3.8) is 0 Å². The lowest BCUT2D eigenvalue weighted by Gasteiger charge is -2.15. The summed E-state index contributed by atoms with van der Waals surface area (Å²) in [6.45, 7) is 0. The van der Waals surface area contributed by atoms with Crippen LogP contribution in [-0.2, 0) is 6.42 Å². The number of nitrogens with zero attached hydrogens (tertiary/aromatic N) is 1. The van der Waals surface area contributed by atoms with Crippen LogP contribution in [0.5, 0.6) is 0 Å². The average Bonchev–Trinajstić information content (AvgIpc) is 3.48. The first-order chi connectivity index (χ1) is 23.8. The largest absolute Gasteiger partial charge is 0.309 e. The Kier molecular flexibility index (Phi) is 6.95. The molecular formula is C47H33N. The molecule has 0 saturated heterocycles. The van der Waals surface area contributed by atoms with Crippen LogP contribution in [0.15, 0.2) is 182 Å². The van der Waals surface area contributed by atoms with E-state index >= 15 is 0 Å². The predicted molar refractivity (Wildman–Crippen MR) is 205 cm³/mol. The maximum absolute atomic E-state index is 2.41. The van der Waals surface area contributed by atoms with E-state index in [0.29, 0.717) is 0 Å². The van der Waals surface area contributed by atoms with E-state index < -0.39 is 0 Å². The maximum atomic E-state index is 2.41. The Balaban J connectivity index is 1.24. The predicted octanol–water partition coefficient (Wildman–Crippen LogP) is 12.3. The molecular weight excluding hydrogens is 579 g/mol. The van der Waals surface area contributed by atoms with Crippen LogP contribution < -0.4 is 0 Å². The van der Waals surface area contributed by atoms with Gasteiger partial charge in [0.15, 0.2) is 0 Å². The van der Waals surface area contributed by atoms with Crippen LogP contribution in [0.25, 0.3) is 60.7 Å². The Hall–Kier alpha value is -6.18. The molecule has 9 rings (SSSR count). The Morgan fingerprint density at radius 2 is 1.10 bits per heavy atom. The van der Waals surface area contributed by atoms with Crippen molar-refractivity contribution >= 4 is 55.0 Å². The number of benzene rings is 8. The van der Waals surface area contributed by atoms with E-state index in [1.165, 1.54) is 82.4 Å². The summed E-state index contributed by atoms with van der Waals surface area (Å²) in [7, 11) is 0. The molecule has 0 atom stereocenters. The van der Waals surface area contributed by atoms with Crippen LogP contribution in [0.4, 0.5) is 0 Å². The number of rotatable bonds is 6. The van der Waals surface area contributed by atoms with Crippen LogP contribution in [0.3, 0.4) is 0 Å². The lowest BCUT2D eigenvalue weighted by molar-refractivity contribution is 1.18. The van der Waals surface area contributed by atoms with E-state index in [-0.39, 0.29) is 0 Å². The van der Waals surface area contributed by atoms with E-state index in [2.05, 4.69) is 193 Å². The van der Waals surface area contributed by atoms with Gasteiger partial charge in [-0.05, 0) is 104 Å². The minimum atomic E-state index is 0.902. The molecule has 48 heavy (non-hydrogen) atoms. The lowest BCUT2D eigenvalue weighted by Crippen LogP contribution is -1.94. The Labute approximate surface area is 280 Å². The highest BCUT2D eigenvalue weighted by Gasteiger charge is 2.14. The normalized spacial score (nSPS) is 12.0. The standard InChI is InChI=1S/C47H33N/c1-4-14-33(15-5-1)28-38-31-36-18-10-11-21-40(36)44-32-37(25-26-41(38)44)43(35-16-6-2-7-17-35)29-34-24-27-47-45(30-34)42-22-12-13-23-46(42)48(47)39-19-8-3-9-20-39/h1-27,29-32H,28H2/b43-29+. The van der Waals surface area contributed by atoms with Crippen LogP contribution >= 0.6 is 0 Å². The van der Waals surface area contributed by atoms with Crippen LogP contribution in [0, 0.1) is 0 Å². The van der Waals surface area contributed by atoms with Gasteiger partial charge in [-0.2, -0.15) is 0 Å². The lowest BCUT2D eigenvalue weighted by atomic mass is 9.89. The molecule has 1 heterocycles. The van der Waals surface area contributed by atoms with Gasteiger partial charge in [0.05, 0.1) is 11.0 Å². The highest BCUT2D eigenvalue weighted by atomic mass is 15.0. The molecule has 0 amide bonds. The molecule has 0 aliphatic heterocycles. The summed E-state index contributed by atoms with van der Waals surface area (Å²) in [6, 6.07) is 66.1. The highest BCUT2D eigenvalue weighted by Crippen LogP contribution is 2.37. The van der Waals surface area contributed by atoms with Gasteiger partial charge in [-0.3, -0.25) is 0 Å². The third-order valence-electron chi connectivity index (χ3n) is 9.60. The van der Waals surface area contributed by atoms with Gasteiger partial charge in [0.1, 0.15) is 0 Å². The third-order valence-corrected chi connectivity index (χ3v) is 9.60.